The molecule has 0 saturated heterocycles. The van der Waals surface area contributed by atoms with Crippen LogP contribution in [-0.4, -0.2) is 29.4 Å². The molecule has 0 atom stereocenters. The number of hydrogen-bond donors (Lipinski definition) is 1. The first-order valence-electron chi connectivity index (χ1n) is 8.09. The third-order valence-corrected chi connectivity index (χ3v) is 4.44. The molecule has 0 unspecified atom stereocenters. The fourth-order valence-corrected chi connectivity index (χ4v) is 2.92. The van der Waals surface area contributed by atoms with Gasteiger partial charge in [0.15, 0.2) is 6.61 Å². The molecule has 0 bridgehead atoms. The standard InChI is InChI=1S/C17H22N2O5/c1-11-6-8-13(9-7-11)18-16(20)10-24-17(21)14-4-3-5-15(12(14)2)19(22)23/h3-5,11,13H,6-10H2,1-2H3,(H,18,20). The number of nitro groups is 1. The van der Waals surface area contributed by atoms with Crippen LogP contribution in [0.25, 0.3) is 0 Å². The van der Waals surface area contributed by atoms with Crippen molar-refractivity contribution in [3.63, 3.8) is 0 Å². The van der Waals surface area contributed by atoms with Crippen molar-refractivity contribution >= 4 is 17.6 Å². The van der Waals surface area contributed by atoms with Crippen LogP contribution < -0.4 is 5.32 Å². The number of rotatable bonds is 5. The molecule has 1 fully saturated rings. The predicted octanol–water partition coefficient (Wildman–Crippen LogP) is 2.75. The zero-order chi connectivity index (χ0) is 17.7. The van der Waals surface area contributed by atoms with Crippen LogP contribution in [0.4, 0.5) is 5.69 Å². The van der Waals surface area contributed by atoms with E-state index >= 15 is 0 Å². The highest BCUT2D eigenvalue weighted by Gasteiger charge is 2.22. The average molecular weight is 334 g/mol. The van der Waals surface area contributed by atoms with Gasteiger partial charge in [0.05, 0.1) is 10.5 Å². The van der Waals surface area contributed by atoms with Gasteiger partial charge in [0.25, 0.3) is 11.6 Å². The Hall–Kier alpha value is -2.44. The lowest BCUT2D eigenvalue weighted by Crippen LogP contribution is -2.39. The first-order valence-corrected chi connectivity index (χ1v) is 8.09. The smallest absolute Gasteiger partial charge is 0.339 e. The molecule has 1 N–H and O–H groups in total. The van der Waals surface area contributed by atoms with Gasteiger partial charge in [-0.25, -0.2) is 4.79 Å². The van der Waals surface area contributed by atoms with Crippen LogP contribution in [-0.2, 0) is 9.53 Å². The second-order valence-corrected chi connectivity index (χ2v) is 6.31. The second kappa shape index (κ2) is 7.90. The molecule has 1 aromatic rings. The lowest BCUT2D eigenvalue weighted by atomic mass is 9.87. The van der Waals surface area contributed by atoms with E-state index in [0.717, 1.165) is 25.7 Å². The van der Waals surface area contributed by atoms with Crippen LogP contribution in [0.15, 0.2) is 18.2 Å². The quantitative estimate of drug-likeness (QED) is 0.507. The van der Waals surface area contributed by atoms with E-state index in [0.29, 0.717) is 5.92 Å². The zero-order valence-corrected chi connectivity index (χ0v) is 13.9. The molecule has 24 heavy (non-hydrogen) atoms. The molecule has 1 saturated carbocycles. The number of amides is 1. The molecular formula is C17H22N2O5. The van der Waals surface area contributed by atoms with Gasteiger partial charge in [0, 0.05) is 17.7 Å². The molecule has 1 aliphatic rings. The van der Waals surface area contributed by atoms with E-state index < -0.39 is 10.9 Å². The maximum absolute atomic E-state index is 12.1. The Morgan fingerprint density at radius 2 is 1.96 bits per heavy atom. The summed E-state index contributed by atoms with van der Waals surface area (Å²) in [5.74, 6) is -0.387. The summed E-state index contributed by atoms with van der Waals surface area (Å²) < 4.78 is 4.99. The predicted molar refractivity (Wildman–Crippen MR) is 87.7 cm³/mol. The van der Waals surface area contributed by atoms with E-state index in [4.69, 9.17) is 4.74 Å². The highest BCUT2D eigenvalue weighted by Crippen LogP contribution is 2.23. The van der Waals surface area contributed by atoms with E-state index in [9.17, 15) is 19.7 Å². The summed E-state index contributed by atoms with van der Waals surface area (Å²) in [4.78, 5) is 34.3. The first kappa shape index (κ1) is 17.9. The number of carbonyl (C=O) groups is 2. The Kier molecular flexibility index (Phi) is 5.89. The Bertz CT molecular complexity index is 636. The van der Waals surface area contributed by atoms with E-state index in [2.05, 4.69) is 12.2 Å². The fourth-order valence-electron chi connectivity index (χ4n) is 2.92. The van der Waals surface area contributed by atoms with Gasteiger partial charge in [-0.1, -0.05) is 13.0 Å². The van der Waals surface area contributed by atoms with E-state index in [1.54, 1.807) is 0 Å². The van der Waals surface area contributed by atoms with Gasteiger partial charge in [0.2, 0.25) is 0 Å². The minimum atomic E-state index is -0.733. The SMILES string of the molecule is Cc1c(C(=O)OCC(=O)NC2CCC(C)CC2)cccc1[N+](=O)[O-]. The number of esters is 1. The number of nitrogens with zero attached hydrogens (tertiary/aromatic N) is 1. The minimum Gasteiger partial charge on any atom is -0.452 e. The monoisotopic (exact) mass is 334 g/mol. The molecule has 0 aliphatic heterocycles. The summed E-state index contributed by atoms with van der Waals surface area (Å²) in [6.45, 7) is 3.30. The van der Waals surface area contributed by atoms with Crippen molar-refractivity contribution < 1.29 is 19.2 Å². The third-order valence-electron chi connectivity index (χ3n) is 4.44. The van der Waals surface area contributed by atoms with E-state index in [-0.39, 0.29) is 35.4 Å². The van der Waals surface area contributed by atoms with Gasteiger partial charge in [-0.2, -0.15) is 0 Å². The van der Waals surface area contributed by atoms with Crippen molar-refractivity contribution in [2.45, 2.75) is 45.6 Å². The Labute approximate surface area is 140 Å². The lowest BCUT2D eigenvalue weighted by Gasteiger charge is -2.26. The van der Waals surface area contributed by atoms with Crippen molar-refractivity contribution in [2.24, 2.45) is 5.92 Å². The summed E-state index contributed by atoms with van der Waals surface area (Å²) >= 11 is 0. The number of nitro benzene ring substituents is 1. The summed E-state index contributed by atoms with van der Waals surface area (Å²) in [5, 5.41) is 13.8. The fraction of sp³-hybridized carbons (Fsp3) is 0.529. The van der Waals surface area contributed by atoms with Crippen LogP contribution in [0.5, 0.6) is 0 Å². The van der Waals surface area contributed by atoms with Crippen molar-refractivity contribution in [2.75, 3.05) is 6.61 Å². The Morgan fingerprint density at radius 1 is 1.29 bits per heavy atom. The average Bonchev–Trinajstić information content (AvgIpc) is 2.54. The molecule has 7 nitrogen and oxygen atoms in total. The van der Waals surface area contributed by atoms with Crippen LogP contribution in [0.3, 0.4) is 0 Å². The molecule has 0 spiro atoms. The minimum absolute atomic E-state index is 0.100. The highest BCUT2D eigenvalue weighted by molar-refractivity contribution is 5.93. The molecule has 0 radical (unpaired) electrons. The molecule has 130 valence electrons. The van der Waals surface area contributed by atoms with Crippen LogP contribution >= 0.6 is 0 Å². The number of nitrogens with one attached hydrogen (secondary N) is 1. The van der Waals surface area contributed by atoms with Gasteiger partial charge in [-0.3, -0.25) is 14.9 Å². The highest BCUT2D eigenvalue weighted by atomic mass is 16.6. The van der Waals surface area contributed by atoms with Crippen molar-refractivity contribution in [1.29, 1.82) is 0 Å². The largest absolute Gasteiger partial charge is 0.452 e. The molecule has 0 aromatic heterocycles. The second-order valence-electron chi connectivity index (χ2n) is 6.31. The van der Waals surface area contributed by atoms with Crippen LogP contribution in [0, 0.1) is 23.0 Å². The normalized spacial score (nSPS) is 20.2. The molecule has 2 rings (SSSR count). The van der Waals surface area contributed by atoms with Gasteiger partial charge in [-0.05, 0) is 44.6 Å². The number of carbonyl (C=O) groups excluding carboxylic acids is 2. The molecular weight excluding hydrogens is 312 g/mol. The maximum Gasteiger partial charge on any atom is 0.339 e. The van der Waals surface area contributed by atoms with E-state index in [1.807, 2.05) is 0 Å². The number of hydrogen-bond acceptors (Lipinski definition) is 5. The Morgan fingerprint density at radius 3 is 2.58 bits per heavy atom. The molecule has 7 heteroatoms. The lowest BCUT2D eigenvalue weighted by molar-refractivity contribution is -0.385. The van der Waals surface area contributed by atoms with Gasteiger partial charge >= 0.3 is 5.97 Å². The molecule has 0 heterocycles. The molecule has 1 aliphatic carbocycles. The molecule has 1 aromatic carbocycles. The maximum atomic E-state index is 12.1. The van der Waals surface area contributed by atoms with Crippen LogP contribution in [0.1, 0.15) is 48.5 Å². The third kappa shape index (κ3) is 4.53. The summed E-state index contributed by atoms with van der Waals surface area (Å²) in [6.07, 6.45) is 4.03. The molecule has 1 amide bonds. The van der Waals surface area contributed by atoms with Gasteiger partial charge in [-0.15, -0.1) is 0 Å². The summed E-state index contributed by atoms with van der Waals surface area (Å²) in [5.41, 5.74) is 0.183. The Balaban J connectivity index is 1.88. The van der Waals surface area contributed by atoms with Crippen molar-refractivity contribution in [1.82, 2.24) is 5.32 Å². The summed E-state index contributed by atoms with van der Waals surface area (Å²) in [6, 6.07) is 4.32. The summed E-state index contributed by atoms with van der Waals surface area (Å²) in [7, 11) is 0. The van der Waals surface area contributed by atoms with E-state index in [1.165, 1.54) is 25.1 Å². The number of benzene rings is 1. The van der Waals surface area contributed by atoms with Crippen molar-refractivity contribution in [3.05, 3.63) is 39.4 Å². The van der Waals surface area contributed by atoms with Gasteiger partial charge < -0.3 is 10.1 Å². The van der Waals surface area contributed by atoms with Crippen molar-refractivity contribution in [3.8, 4) is 0 Å². The first-order chi connectivity index (χ1) is 11.4. The van der Waals surface area contributed by atoms with Gasteiger partial charge in [0.1, 0.15) is 0 Å². The topological polar surface area (TPSA) is 98.5 Å². The number of ether oxygens (including phenoxy) is 1. The zero-order valence-electron chi connectivity index (χ0n) is 13.9. The van der Waals surface area contributed by atoms with Crippen LogP contribution in [0.2, 0.25) is 0 Å².